The number of ketones is 2. The first kappa shape index (κ1) is 50.0. The van der Waals surface area contributed by atoms with Crippen molar-refractivity contribution < 1.29 is 27.7 Å². The minimum atomic E-state index is -4.79. The van der Waals surface area contributed by atoms with Gasteiger partial charge in [0, 0.05) is 55.5 Å². The van der Waals surface area contributed by atoms with E-state index in [1.807, 2.05) is 11.0 Å². The maximum absolute atomic E-state index is 13.1. The van der Waals surface area contributed by atoms with Crippen molar-refractivity contribution in [3.63, 3.8) is 0 Å². The zero-order chi connectivity index (χ0) is 46.4. The molecule has 0 amide bonds. The van der Waals surface area contributed by atoms with E-state index >= 15 is 0 Å². The van der Waals surface area contributed by atoms with Gasteiger partial charge >= 0.3 is 6.18 Å². The van der Waals surface area contributed by atoms with Crippen LogP contribution in [-0.4, -0.2) is 59.1 Å². The number of alkyl halides is 3. The monoisotopic (exact) mass is 900 g/mol. The molecule has 0 radical (unpaired) electrons. The molecule has 0 atom stereocenters. The number of aromatic nitrogens is 1. The molecule has 0 unspecified atom stereocenters. The van der Waals surface area contributed by atoms with Gasteiger partial charge < -0.3 is 4.90 Å². The SMILES string of the molecule is CC(C)=CCC/C(C)=C/CC/C(C)=C/CC/C(C)=C/CCC1=CC(=O)c2ccccc2C1=O.O=c1nc(N2CCN(CC3CCCCC3)CC2)sc2c([N+](=O)[O-])cc(C(F)(F)F)cc12. The maximum Gasteiger partial charge on any atom is 0.416 e. The van der Waals surface area contributed by atoms with Crippen LogP contribution in [0, 0.1) is 16.0 Å². The Labute approximate surface area is 379 Å². The molecule has 2 heterocycles. The molecule has 1 saturated heterocycles. The number of nitro benzene ring substituents is 1. The van der Waals surface area contributed by atoms with Crippen molar-refractivity contribution in [1.82, 2.24) is 9.88 Å². The maximum atomic E-state index is 13.1. The van der Waals surface area contributed by atoms with Crippen molar-refractivity contribution in [2.45, 2.75) is 124 Å². The van der Waals surface area contributed by atoms with Gasteiger partial charge in [-0.1, -0.05) is 101 Å². The van der Waals surface area contributed by atoms with Gasteiger partial charge in [-0.05, 0) is 117 Å². The summed E-state index contributed by atoms with van der Waals surface area (Å²) in [5.74, 6) is 0.663. The number of carbonyl (C=O) groups excluding carboxylic acids is 2. The first-order chi connectivity index (χ1) is 30.5. The molecule has 0 spiro atoms. The highest BCUT2D eigenvalue weighted by Crippen LogP contribution is 2.38. The minimum absolute atomic E-state index is 0.00367. The summed E-state index contributed by atoms with van der Waals surface area (Å²) in [6, 6.07) is 8.24. The number of anilines is 1. The van der Waals surface area contributed by atoms with E-state index < -0.39 is 27.9 Å². The molecule has 3 aromatic rings. The Hall–Kier alpha value is -5.01. The molecule has 2 aromatic carbocycles. The molecule has 1 aliphatic heterocycles. The lowest BCUT2D eigenvalue weighted by Gasteiger charge is -2.37. The lowest BCUT2D eigenvalue weighted by Crippen LogP contribution is -2.48. The molecule has 6 rings (SSSR count). The highest BCUT2D eigenvalue weighted by atomic mass is 32.1. The van der Waals surface area contributed by atoms with Crippen LogP contribution in [0.4, 0.5) is 24.0 Å². The number of carbonyl (C=O) groups is 2. The third kappa shape index (κ3) is 14.8. The molecular formula is C51H63F3N4O5S. The number of hydrogen-bond donors (Lipinski definition) is 0. The zero-order valence-corrected chi connectivity index (χ0v) is 38.8. The van der Waals surface area contributed by atoms with Crippen molar-refractivity contribution in [1.29, 1.82) is 0 Å². The molecule has 9 nitrogen and oxygen atoms in total. The summed E-state index contributed by atoms with van der Waals surface area (Å²) in [4.78, 5) is 56.2. The van der Waals surface area contributed by atoms with Crippen molar-refractivity contribution in [3.8, 4) is 0 Å². The second-order valence-corrected chi connectivity index (χ2v) is 18.7. The molecule has 344 valence electrons. The summed E-state index contributed by atoms with van der Waals surface area (Å²) in [6.45, 7) is 14.8. The molecule has 13 heteroatoms. The Kier molecular flexibility index (Phi) is 18.6. The van der Waals surface area contributed by atoms with Crippen molar-refractivity contribution in [3.05, 3.63) is 132 Å². The number of Topliss-reactive ketones (excluding diaryl/α,β-unsaturated/α-hetero) is 1. The highest BCUT2D eigenvalue weighted by molar-refractivity contribution is 7.22. The zero-order valence-electron chi connectivity index (χ0n) is 38.0. The molecule has 0 N–H and O–H groups in total. The van der Waals surface area contributed by atoms with E-state index in [9.17, 15) is 37.7 Å². The predicted molar refractivity (Wildman–Crippen MR) is 254 cm³/mol. The summed E-state index contributed by atoms with van der Waals surface area (Å²) in [5, 5.41) is 11.4. The average molecular weight is 901 g/mol. The Balaban J connectivity index is 0.000000241. The number of allylic oxidation sites excluding steroid dienone is 10. The van der Waals surface area contributed by atoms with E-state index in [4.69, 9.17) is 0 Å². The standard InChI is InChI=1S/C31H40O2.C20H23F3N4O3S/c1-23(2)12-8-13-24(3)14-9-15-25(4)16-10-17-26(5)18-11-19-27-22-30(32)28-20-6-7-21-29(28)31(27)33;21-20(22,23)14-10-15-17(16(11-14)27(29)30)31-19(24-18(15)28)26-8-6-25(7-9-26)12-13-4-2-1-3-5-13/h6-7,12,14,16,18,20-22H,8-11,13,15,17,19H2,1-5H3;10-11,13H,1-9,12H2/b24-14+,25-16+,26-18+;. The van der Waals surface area contributed by atoms with E-state index in [1.165, 1.54) is 60.5 Å². The van der Waals surface area contributed by atoms with Crippen LogP contribution in [0.15, 0.2) is 99.4 Å². The van der Waals surface area contributed by atoms with Gasteiger partial charge in [0.15, 0.2) is 16.7 Å². The largest absolute Gasteiger partial charge is 0.416 e. The van der Waals surface area contributed by atoms with Gasteiger partial charge in [-0.15, -0.1) is 0 Å². The number of rotatable bonds is 16. The van der Waals surface area contributed by atoms with Crippen LogP contribution < -0.4 is 10.5 Å². The number of nitrogens with zero attached hydrogens (tertiary/aromatic N) is 4. The van der Waals surface area contributed by atoms with Crippen molar-refractivity contribution in [2.24, 2.45) is 5.92 Å². The first-order valence-corrected chi connectivity index (χ1v) is 23.5. The Morgan fingerprint density at radius 2 is 1.39 bits per heavy atom. The Bertz CT molecular complexity index is 2360. The van der Waals surface area contributed by atoms with Gasteiger partial charge in [0.05, 0.1) is 15.9 Å². The van der Waals surface area contributed by atoms with E-state index in [1.54, 1.807) is 18.2 Å². The number of benzene rings is 2. The van der Waals surface area contributed by atoms with Crippen LogP contribution in [0.2, 0.25) is 0 Å². The van der Waals surface area contributed by atoms with E-state index in [0.29, 0.717) is 53.5 Å². The third-order valence-electron chi connectivity index (χ3n) is 12.2. The topological polar surface area (TPSA) is 114 Å². The number of nitro groups is 1. The van der Waals surface area contributed by atoms with Crippen LogP contribution in [0.1, 0.15) is 144 Å². The van der Waals surface area contributed by atoms with Gasteiger partial charge in [-0.3, -0.25) is 29.4 Å². The molecule has 2 aliphatic carbocycles. The van der Waals surface area contributed by atoms with E-state index in [2.05, 4.69) is 68.8 Å². The highest BCUT2D eigenvalue weighted by Gasteiger charge is 2.35. The molecule has 3 aliphatic rings. The summed E-state index contributed by atoms with van der Waals surface area (Å²) >= 11 is 0.906. The Morgan fingerprint density at radius 3 is 1.97 bits per heavy atom. The molecule has 1 saturated carbocycles. The van der Waals surface area contributed by atoms with Gasteiger partial charge in [0.2, 0.25) is 0 Å². The number of non-ortho nitro benzene ring substituents is 1. The summed E-state index contributed by atoms with van der Waals surface area (Å²) in [6.07, 6.45) is 20.4. The number of halogens is 3. The number of hydrogen-bond acceptors (Lipinski definition) is 9. The fraction of sp³-hybridized carbons (Fsp3) is 0.490. The Morgan fingerprint density at radius 1 is 0.812 bits per heavy atom. The van der Waals surface area contributed by atoms with Gasteiger partial charge in [-0.25, -0.2) is 0 Å². The second kappa shape index (κ2) is 23.8. The molecule has 0 bridgehead atoms. The number of piperazine rings is 1. The molecule has 1 aromatic heterocycles. The molecular weight excluding hydrogens is 838 g/mol. The molecule has 2 fully saturated rings. The lowest BCUT2D eigenvalue weighted by atomic mass is 9.87. The summed E-state index contributed by atoms with van der Waals surface area (Å²) < 4.78 is 39.3. The fourth-order valence-corrected chi connectivity index (χ4v) is 9.57. The number of fused-ring (bicyclic) bond motifs is 2. The van der Waals surface area contributed by atoms with Crippen LogP contribution >= 0.6 is 11.3 Å². The van der Waals surface area contributed by atoms with Crippen LogP contribution in [-0.2, 0) is 6.18 Å². The quantitative estimate of drug-likeness (QED) is 0.0793. The molecule has 64 heavy (non-hydrogen) atoms. The first-order valence-electron chi connectivity index (χ1n) is 22.7. The van der Waals surface area contributed by atoms with Gasteiger partial charge in [0.25, 0.3) is 11.2 Å². The third-order valence-corrected chi connectivity index (χ3v) is 13.4. The van der Waals surface area contributed by atoms with Gasteiger partial charge in [0.1, 0.15) is 4.70 Å². The minimum Gasteiger partial charge on any atom is -0.345 e. The summed E-state index contributed by atoms with van der Waals surface area (Å²) in [7, 11) is 0. The van der Waals surface area contributed by atoms with Crippen LogP contribution in [0.25, 0.3) is 10.1 Å². The second-order valence-electron chi connectivity index (χ2n) is 17.7. The van der Waals surface area contributed by atoms with E-state index in [0.717, 1.165) is 81.8 Å². The summed E-state index contributed by atoms with van der Waals surface area (Å²) in [5.41, 5.74) is 4.55. The average Bonchev–Trinajstić information content (AvgIpc) is 3.25. The van der Waals surface area contributed by atoms with Crippen molar-refractivity contribution in [2.75, 3.05) is 37.6 Å². The van der Waals surface area contributed by atoms with Crippen LogP contribution in [0.5, 0.6) is 0 Å². The lowest BCUT2D eigenvalue weighted by molar-refractivity contribution is -0.383. The van der Waals surface area contributed by atoms with E-state index in [-0.39, 0.29) is 21.7 Å². The van der Waals surface area contributed by atoms with Crippen molar-refractivity contribution >= 4 is 43.8 Å². The normalized spacial score (nSPS) is 16.9. The fourth-order valence-electron chi connectivity index (χ4n) is 8.45. The van der Waals surface area contributed by atoms with Gasteiger partial charge in [-0.2, -0.15) is 18.2 Å². The van der Waals surface area contributed by atoms with Crippen LogP contribution in [0.3, 0.4) is 0 Å². The predicted octanol–water partition coefficient (Wildman–Crippen LogP) is 13.2. The smallest absolute Gasteiger partial charge is 0.345 e.